The van der Waals surface area contributed by atoms with E-state index in [1.807, 2.05) is 0 Å². The smallest absolute Gasteiger partial charge is 0.388 e. The van der Waals surface area contributed by atoms with Crippen molar-refractivity contribution in [3.63, 3.8) is 0 Å². The van der Waals surface area contributed by atoms with Gasteiger partial charge in [-0.05, 0) is 42.5 Å². The molecular weight excluding hydrogens is 328 g/mol. The Bertz CT molecular complexity index is 1120. The first-order chi connectivity index (χ1) is 12.1. The van der Waals surface area contributed by atoms with Gasteiger partial charge in [0.05, 0.1) is 12.1 Å². The molecule has 25 heavy (non-hydrogen) atoms. The molecule has 124 valence electrons. The zero-order valence-corrected chi connectivity index (χ0v) is 12.8. The van der Waals surface area contributed by atoms with Gasteiger partial charge in [-0.15, -0.1) is 5.10 Å². The predicted molar refractivity (Wildman–Crippen MR) is 87.0 cm³/mol. The molecule has 0 N–H and O–H groups in total. The molecule has 0 saturated carbocycles. The summed E-state index contributed by atoms with van der Waals surface area (Å²) >= 11 is 0. The molecule has 2 heterocycles. The minimum Gasteiger partial charge on any atom is -0.388 e. The van der Waals surface area contributed by atoms with Gasteiger partial charge in [-0.3, -0.25) is 4.98 Å². The van der Waals surface area contributed by atoms with Crippen LogP contribution >= 0.6 is 0 Å². The first-order valence-electron chi connectivity index (χ1n) is 7.47. The predicted octanol–water partition coefficient (Wildman–Crippen LogP) is 3.38. The van der Waals surface area contributed by atoms with Gasteiger partial charge < -0.3 is 4.42 Å². The van der Waals surface area contributed by atoms with Gasteiger partial charge in [-0.2, -0.15) is 4.68 Å². The van der Waals surface area contributed by atoms with Crippen molar-refractivity contribution in [3.05, 3.63) is 82.5 Å². The molecule has 0 fully saturated rings. The first kappa shape index (κ1) is 15.2. The largest absolute Gasteiger partial charge is 0.437 e. The summed E-state index contributed by atoms with van der Waals surface area (Å²) in [7, 11) is 0. The van der Waals surface area contributed by atoms with Crippen molar-refractivity contribution in [1.29, 1.82) is 0 Å². The van der Waals surface area contributed by atoms with Crippen molar-refractivity contribution in [2.45, 2.75) is 6.54 Å². The van der Waals surface area contributed by atoms with E-state index in [1.165, 1.54) is 36.4 Å². The Morgan fingerprint density at radius 2 is 1.84 bits per heavy atom. The van der Waals surface area contributed by atoms with E-state index >= 15 is 0 Å². The maximum absolute atomic E-state index is 13.8. The number of benzene rings is 2. The number of pyridine rings is 1. The van der Waals surface area contributed by atoms with Crippen LogP contribution in [-0.4, -0.2) is 14.8 Å². The van der Waals surface area contributed by atoms with Crippen molar-refractivity contribution in [2.75, 3.05) is 0 Å². The van der Waals surface area contributed by atoms with Crippen LogP contribution < -0.4 is 5.76 Å². The van der Waals surface area contributed by atoms with Gasteiger partial charge in [0.15, 0.2) is 0 Å². The number of fused-ring (bicyclic) bond motifs is 1. The molecule has 2 aromatic carbocycles. The topological polar surface area (TPSA) is 60.9 Å². The van der Waals surface area contributed by atoms with Crippen LogP contribution in [0.15, 0.2) is 63.9 Å². The maximum atomic E-state index is 13.8. The highest BCUT2D eigenvalue weighted by molar-refractivity contribution is 5.81. The van der Waals surface area contributed by atoms with Gasteiger partial charge in [0.1, 0.15) is 11.6 Å². The van der Waals surface area contributed by atoms with Crippen molar-refractivity contribution < 1.29 is 13.2 Å². The molecule has 2 aromatic heterocycles. The summed E-state index contributed by atoms with van der Waals surface area (Å²) in [4.78, 5) is 16.3. The molecular formula is C18H11F2N3O2. The van der Waals surface area contributed by atoms with Crippen LogP contribution in [0.4, 0.5) is 8.78 Å². The summed E-state index contributed by atoms with van der Waals surface area (Å²) in [5, 5.41) is 4.74. The molecule has 0 radical (unpaired) electrons. The number of halogens is 2. The van der Waals surface area contributed by atoms with Crippen LogP contribution in [0.2, 0.25) is 0 Å². The molecule has 0 amide bonds. The SMILES string of the molecule is O=c1oc(-c2ccc(F)cc2)nn1Cc1cc(F)cc2cccnc12. The Balaban J connectivity index is 1.75. The lowest BCUT2D eigenvalue weighted by molar-refractivity contribution is 0.495. The monoisotopic (exact) mass is 339 g/mol. The summed E-state index contributed by atoms with van der Waals surface area (Å²) in [5.74, 6) is -1.44. The second kappa shape index (κ2) is 5.94. The van der Waals surface area contributed by atoms with Crippen LogP contribution in [0.3, 0.4) is 0 Å². The van der Waals surface area contributed by atoms with Crippen LogP contribution in [0.5, 0.6) is 0 Å². The van der Waals surface area contributed by atoms with Gasteiger partial charge in [0.2, 0.25) is 5.89 Å². The van der Waals surface area contributed by atoms with Crippen molar-refractivity contribution >= 4 is 10.9 Å². The van der Waals surface area contributed by atoms with E-state index in [4.69, 9.17) is 4.42 Å². The van der Waals surface area contributed by atoms with Crippen LogP contribution in [-0.2, 0) is 6.54 Å². The third-order valence-electron chi connectivity index (χ3n) is 3.77. The molecule has 0 bridgehead atoms. The summed E-state index contributed by atoms with van der Waals surface area (Å²) in [6, 6.07) is 11.6. The van der Waals surface area contributed by atoms with Crippen LogP contribution in [0.25, 0.3) is 22.4 Å². The molecule has 0 aliphatic carbocycles. The normalized spacial score (nSPS) is 11.1. The summed E-state index contributed by atoms with van der Waals surface area (Å²) in [6.07, 6.45) is 1.60. The van der Waals surface area contributed by atoms with Gasteiger partial charge in [0, 0.05) is 22.7 Å². The molecule has 4 aromatic rings. The Morgan fingerprint density at radius 3 is 2.64 bits per heavy atom. The number of rotatable bonds is 3. The standard InChI is InChI=1S/C18H11F2N3O2/c19-14-5-3-11(4-6-14)17-22-23(18(24)25-17)10-13-9-15(20)8-12-2-1-7-21-16(12)13/h1-9H,10H2. The third-order valence-corrected chi connectivity index (χ3v) is 3.77. The van der Waals surface area contributed by atoms with E-state index in [0.29, 0.717) is 22.0 Å². The fraction of sp³-hybridized carbons (Fsp3) is 0.0556. The lowest BCUT2D eigenvalue weighted by Crippen LogP contribution is -2.17. The highest BCUT2D eigenvalue weighted by Gasteiger charge is 2.13. The van der Waals surface area contributed by atoms with E-state index in [1.54, 1.807) is 18.3 Å². The Morgan fingerprint density at radius 1 is 1.04 bits per heavy atom. The molecule has 0 aliphatic heterocycles. The summed E-state index contributed by atoms with van der Waals surface area (Å²) < 4.78 is 33.0. The van der Waals surface area contributed by atoms with Gasteiger partial charge in [-0.1, -0.05) is 6.07 Å². The molecule has 4 rings (SSSR count). The maximum Gasteiger partial charge on any atom is 0.437 e. The lowest BCUT2D eigenvalue weighted by atomic mass is 10.1. The minimum atomic E-state index is -0.687. The van der Waals surface area contributed by atoms with Gasteiger partial charge in [-0.25, -0.2) is 13.6 Å². The van der Waals surface area contributed by atoms with Crippen molar-refractivity contribution in [1.82, 2.24) is 14.8 Å². The van der Waals surface area contributed by atoms with E-state index in [0.717, 1.165) is 4.68 Å². The number of aromatic nitrogens is 3. The molecule has 7 heteroatoms. The fourth-order valence-corrected chi connectivity index (χ4v) is 2.62. The van der Waals surface area contributed by atoms with Gasteiger partial charge >= 0.3 is 5.76 Å². The fourth-order valence-electron chi connectivity index (χ4n) is 2.62. The first-order valence-corrected chi connectivity index (χ1v) is 7.47. The second-order valence-electron chi connectivity index (χ2n) is 5.48. The minimum absolute atomic E-state index is 0.00873. The number of hydrogen-bond acceptors (Lipinski definition) is 4. The third kappa shape index (κ3) is 2.91. The Labute approximate surface area is 140 Å². The highest BCUT2D eigenvalue weighted by atomic mass is 19.1. The van der Waals surface area contributed by atoms with E-state index in [-0.39, 0.29) is 12.4 Å². The average Bonchev–Trinajstić information content (AvgIpc) is 2.96. The average molecular weight is 339 g/mol. The Hall–Kier alpha value is -3.35. The van der Waals surface area contributed by atoms with Crippen molar-refractivity contribution in [2.24, 2.45) is 0 Å². The van der Waals surface area contributed by atoms with Crippen LogP contribution in [0, 0.1) is 11.6 Å². The zero-order chi connectivity index (χ0) is 17.4. The highest BCUT2D eigenvalue weighted by Crippen LogP contribution is 2.20. The lowest BCUT2D eigenvalue weighted by Gasteiger charge is -2.05. The molecule has 0 unspecified atom stereocenters. The van der Waals surface area contributed by atoms with Crippen molar-refractivity contribution in [3.8, 4) is 11.5 Å². The molecule has 0 atom stereocenters. The van der Waals surface area contributed by atoms with Crippen LogP contribution in [0.1, 0.15) is 5.56 Å². The second-order valence-corrected chi connectivity index (χ2v) is 5.48. The van der Waals surface area contributed by atoms with E-state index in [9.17, 15) is 13.6 Å². The molecule has 0 spiro atoms. The summed E-state index contributed by atoms with van der Waals surface area (Å²) in [6.45, 7) is 0.00873. The zero-order valence-electron chi connectivity index (χ0n) is 12.8. The van der Waals surface area contributed by atoms with Gasteiger partial charge in [0.25, 0.3) is 0 Å². The quantitative estimate of drug-likeness (QED) is 0.574. The Kier molecular flexibility index (Phi) is 3.61. The molecule has 5 nitrogen and oxygen atoms in total. The van der Waals surface area contributed by atoms with E-state index in [2.05, 4.69) is 10.1 Å². The molecule has 0 saturated heterocycles. The van der Waals surface area contributed by atoms with E-state index < -0.39 is 17.4 Å². The summed E-state index contributed by atoms with van der Waals surface area (Å²) in [5.41, 5.74) is 1.57. The number of nitrogens with zero attached hydrogens (tertiary/aromatic N) is 3. The number of hydrogen-bond donors (Lipinski definition) is 0. The molecule has 0 aliphatic rings.